The molecule has 8 heteroatoms. The van der Waals surface area contributed by atoms with Gasteiger partial charge in [0.15, 0.2) is 0 Å². The van der Waals surface area contributed by atoms with E-state index < -0.39 is 7.60 Å². The van der Waals surface area contributed by atoms with E-state index in [0.29, 0.717) is 22.4 Å². The van der Waals surface area contributed by atoms with Gasteiger partial charge in [0, 0.05) is 10.0 Å². The molecule has 6 nitrogen and oxygen atoms in total. The highest BCUT2D eigenvalue weighted by Gasteiger charge is 2.19. The van der Waals surface area contributed by atoms with Gasteiger partial charge in [0.2, 0.25) is 0 Å². The molecule has 0 bridgehead atoms. The second-order valence-corrected chi connectivity index (χ2v) is 7.93. The molecule has 0 radical (unpaired) electrons. The van der Waals surface area contributed by atoms with Crippen LogP contribution in [0.5, 0.6) is 0 Å². The molecule has 0 aromatic heterocycles. The fraction of sp³-hybridized carbons (Fsp3) is 0.176. The molecule has 25 heavy (non-hydrogen) atoms. The van der Waals surface area contributed by atoms with Gasteiger partial charge in [-0.2, -0.15) is 5.26 Å². The van der Waals surface area contributed by atoms with Crippen LogP contribution in [-0.4, -0.2) is 17.4 Å². The van der Waals surface area contributed by atoms with Crippen LogP contribution >= 0.6 is 23.5 Å². The molecule has 0 aliphatic heterocycles. The molecular formula is C17H16BrN2O4P. The van der Waals surface area contributed by atoms with Crippen molar-refractivity contribution < 1.29 is 18.8 Å². The van der Waals surface area contributed by atoms with Crippen molar-refractivity contribution in [1.29, 1.82) is 5.26 Å². The average Bonchev–Trinajstić information content (AvgIpc) is 2.56. The number of hydrogen-bond donors (Lipinski definition) is 2. The van der Waals surface area contributed by atoms with Gasteiger partial charge in [-0.05, 0) is 42.8 Å². The molecule has 0 saturated heterocycles. The molecular weight excluding hydrogens is 407 g/mol. The first kappa shape index (κ1) is 19.4. The van der Waals surface area contributed by atoms with Crippen LogP contribution in [-0.2, 0) is 15.3 Å². The number of amides is 1. The van der Waals surface area contributed by atoms with Crippen LogP contribution in [0, 0.1) is 11.3 Å². The lowest BCUT2D eigenvalue weighted by atomic mass is 10.1. The topological polar surface area (TPSA) is 99.4 Å². The van der Waals surface area contributed by atoms with Crippen molar-refractivity contribution in [3.63, 3.8) is 0 Å². The third-order valence-corrected chi connectivity index (χ3v) is 5.20. The Kier molecular flexibility index (Phi) is 6.51. The maximum Gasteiger partial charge on any atom is 0.332 e. The highest BCUT2D eigenvalue weighted by atomic mass is 79.9. The Morgan fingerprint density at radius 2 is 2.00 bits per heavy atom. The van der Waals surface area contributed by atoms with E-state index in [2.05, 4.69) is 21.2 Å². The number of nitrogens with zero attached hydrogens (tertiary/aromatic N) is 1. The molecule has 1 amide bonds. The molecule has 0 spiro atoms. The second-order valence-electron chi connectivity index (χ2n) is 5.17. The van der Waals surface area contributed by atoms with Gasteiger partial charge < -0.3 is 14.7 Å². The summed E-state index contributed by atoms with van der Waals surface area (Å²) in [6, 6.07) is 13.3. The standard InChI is InChI=1S/C17H16BrN2O4P/c1-2-24-25(22,23)11-12-3-5-13(6-4-12)17(21)20-16-8-7-15(18)9-14(16)10-19/h3-9H,2,11H2,1H3,(H,20,21)(H,22,23). The lowest BCUT2D eigenvalue weighted by Gasteiger charge is -2.11. The molecule has 0 heterocycles. The number of carbonyl (C=O) groups excluding carboxylic acids is 1. The first-order valence-corrected chi connectivity index (χ1v) is 9.96. The van der Waals surface area contributed by atoms with E-state index in [1.807, 2.05) is 6.07 Å². The molecule has 130 valence electrons. The molecule has 0 aliphatic carbocycles. The number of rotatable bonds is 6. The summed E-state index contributed by atoms with van der Waals surface area (Å²) in [4.78, 5) is 21.9. The summed E-state index contributed by atoms with van der Waals surface area (Å²) in [5.74, 6) is -0.373. The number of hydrogen-bond acceptors (Lipinski definition) is 4. The first-order valence-electron chi connectivity index (χ1n) is 7.41. The molecule has 0 saturated carbocycles. The van der Waals surface area contributed by atoms with Crippen LogP contribution in [0.3, 0.4) is 0 Å². The van der Waals surface area contributed by atoms with Crippen molar-refractivity contribution in [3.05, 3.63) is 63.6 Å². The summed E-state index contributed by atoms with van der Waals surface area (Å²) in [6.07, 6.45) is -0.117. The number of anilines is 1. The fourth-order valence-corrected chi connectivity index (χ4v) is 3.68. The predicted molar refractivity (Wildman–Crippen MR) is 98.4 cm³/mol. The van der Waals surface area contributed by atoms with Crippen molar-refractivity contribution in [3.8, 4) is 6.07 Å². The van der Waals surface area contributed by atoms with E-state index in [9.17, 15) is 14.3 Å². The summed E-state index contributed by atoms with van der Waals surface area (Å²) in [6.45, 7) is 1.80. The number of benzene rings is 2. The lowest BCUT2D eigenvalue weighted by molar-refractivity contribution is 0.102. The van der Waals surface area contributed by atoms with Crippen molar-refractivity contribution >= 4 is 35.1 Å². The summed E-state index contributed by atoms with van der Waals surface area (Å²) in [5.41, 5.74) is 1.73. The van der Waals surface area contributed by atoms with Crippen LogP contribution in [0.15, 0.2) is 46.9 Å². The molecule has 2 aromatic carbocycles. The first-order chi connectivity index (χ1) is 11.8. The summed E-state index contributed by atoms with van der Waals surface area (Å²) < 4.78 is 17.3. The zero-order chi connectivity index (χ0) is 18.4. The van der Waals surface area contributed by atoms with Crippen LogP contribution in [0.1, 0.15) is 28.4 Å². The van der Waals surface area contributed by atoms with Gasteiger partial charge in [-0.3, -0.25) is 9.36 Å². The van der Waals surface area contributed by atoms with Crippen molar-refractivity contribution in [2.75, 3.05) is 11.9 Å². The molecule has 1 unspecified atom stereocenters. The third-order valence-electron chi connectivity index (χ3n) is 3.28. The summed E-state index contributed by atoms with van der Waals surface area (Å²) in [7, 11) is -3.66. The molecule has 2 N–H and O–H groups in total. The number of carbonyl (C=O) groups is 1. The Morgan fingerprint density at radius 1 is 1.32 bits per heavy atom. The van der Waals surface area contributed by atoms with Crippen molar-refractivity contribution in [2.45, 2.75) is 13.1 Å². The van der Waals surface area contributed by atoms with E-state index in [-0.39, 0.29) is 18.7 Å². The van der Waals surface area contributed by atoms with Gasteiger partial charge in [0.1, 0.15) is 6.07 Å². The predicted octanol–water partition coefficient (Wildman–Crippen LogP) is 4.29. The normalized spacial score (nSPS) is 12.9. The molecule has 2 aromatic rings. The lowest BCUT2D eigenvalue weighted by Crippen LogP contribution is -2.12. The average molecular weight is 423 g/mol. The van der Waals surface area contributed by atoms with Gasteiger partial charge in [-0.1, -0.05) is 28.1 Å². The van der Waals surface area contributed by atoms with E-state index in [0.717, 1.165) is 4.47 Å². The van der Waals surface area contributed by atoms with Gasteiger partial charge in [-0.25, -0.2) is 0 Å². The SMILES string of the molecule is CCOP(=O)(O)Cc1ccc(C(=O)Nc2ccc(Br)cc2C#N)cc1. The number of halogens is 1. The number of nitriles is 1. The molecule has 1 atom stereocenters. The smallest absolute Gasteiger partial charge is 0.324 e. The maximum atomic E-state index is 12.3. The minimum atomic E-state index is -3.66. The maximum absolute atomic E-state index is 12.3. The highest BCUT2D eigenvalue weighted by molar-refractivity contribution is 9.10. The van der Waals surface area contributed by atoms with E-state index in [4.69, 9.17) is 9.79 Å². The van der Waals surface area contributed by atoms with Crippen molar-refractivity contribution in [2.24, 2.45) is 0 Å². The Labute approximate surface area is 154 Å². The molecule has 0 fully saturated rings. The van der Waals surface area contributed by atoms with E-state index in [1.54, 1.807) is 49.4 Å². The Balaban J connectivity index is 2.11. The minimum Gasteiger partial charge on any atom is -0.324 e. The summed E-state index contributed by atoms with van der Waals surface area (Å²) >= 11 is 3.27. The van der Waals surface area contributed by atoms with Crippen LogP contribution in [0.2, 0.25) is 0 Å². The van der Waals surface area contributed by atoms with Crippen LogP contribution in [0.4, 0.5) is 5.69 Å². The van der Waals surface area contributed by atoms with Gasteiger partial charge in [0.05, 0.1) is 24.0 Å². The monoisotopic (exact) mass is 422 g/mol. The van der Waals surface area contributed by atoms with Crippen molar-refractivity contribution in [1.82, 2.24) is 0 Å². The van der Waals surface area contributed by atoms with Gasteiger partial charge in [0.25, 0.3) is 5.91 Å². The summed E-state index contributed by atoms with van der Waals surface area (Å²) in [5, 5.41) is 11.8. The van der Waals surface area contributed by atoms with Crippen LogP contribution in [0.25, 0.3) is 0 Å². The molecule has 0 aliphatic rings. The van der Waals surface area contributed by atoms with Gasteiger partial charge >= 0.3 is 7.60 Å². The highest BCUT2D eigenvalue weighted by Crippen LogP contribution is 2.45. The second kappa shape index (κ2) is 8.41. The Bertz CT molecular complexity index is 862. The largest absolute Gasteiger partial charge is 0.332 e. The van der Waals surface area contributed by atoms with E-state index in [1.165, 1.54) is 0 Å². The third kappa shape index (κ3) is 5.52. The zero-order valence-corrected chi connectivity index (χ0v) is 15.9. The van der Waals surface area contributed by atoms with Crippen LogP contribution < -0.4 is 5.32 Å². The fourth-order valence-electron chi connectivity index (χ4n) is 2.15. The van der Waals surface area contributed by atoms with E-state index >= 15 is 0 Å². The quantitative estimate of drug-likeness (QED) is 0.676. The number of nitrogens with one attached hydrogen (secondary N) is 1. The zero-order valence-electron chi connectivity index (χ0n) is 13.4. The Hall–Kier alpha value is -1.97. The minimum absolute atomic E-state index is 0.117. The molecule has 2 rings (SSSR count). The van der Waals surface area contributed by atoms with Gasteiger partial charge in [-0.15, -0.1) is 0 Å². The Morgan fingerprint density at radius 3 is 2.60 bits per heavy atom.